The average molecular weight is 265 g/mol. The molecule has 0 aliphatic heterocycles. The summed E-state index contributed by atoms with van der Waals surface area (Å²) in [5, 5.41) is 5.11. The van der Waals surface area contributed by atoms with Crippen LogP contribution < -0.4 is 15.8 Å². The van der Waals surface area contributed by atoms with E-state index in [0.29, 0.717) is 5.69 Å². The Labute approximate surface area is 117 Å². The molecule has 0 aliphatic rings. The molecule has 0 aliphatic carbocycles. The van der Waals surface area contributed by atoms with Gasteiger partial charge < -0.3 is 15.8 Å². The number of hydrogen-bond donors (Lipinski definition) is 2. The molecule has 0 saturated carbocycles. The second-order valence-electron chi connectivity index (χ2n) is 4.43. The molecule has 0 spiro atoms. The Kier molecular flexibility index (Phi) is 3.13. The van der Waals surface area contributed by atoms with E-state index in [2.05, 4.69) is 10.3 Å². The Hall–Kier alpha value is -2.75. The van der Waals surface area contributed by atoms with Gasteiger partial charge >= 0.3 is 0 Å². The number of fused-ring (bicyclic) bond motifs is 1. The van der Waals surface area contributed by atoms with E-state index in [4.69, 9.17) is 10.5 Å². The lowest BCUT2D eigenvalue weighted by Gasteiger charge is -2.12. The number of hydrogen-bond acceptors (Lipinski definition) is 4. The Morgan fingerprint density at radius 2 is 1.85 bits per heavy atom. The van der Waals surface area contributed by atoms with Crippen molar-refractivity contribution in [2.24, 2.45) is 0 Å². The summed E-state index contributed by atoms with van der Waals surface area (Å²) >= 11 is 0. The van der Waals surface area contributed by atoms with Crippen molar-refractivity contribution in [1.29, 1.82) is 0 Å². The smallest absolute Gasteiger partial charge is 0.140 e. The normalized spacial score (nSPS) is 10.4. The Morgan fingerprint density at radius 1 is 1.05 bits per heavy atom. The molecular formula is C16H15N3O. The molecule has 3 rings (SSSR count). The maximum Gasteiger partial charge on any atom is 0.140 e. The number of ether oxygens (including phenoxy) is 1. The lowest BCUT2D eigenvalue weighted by atomic mass is 10.1. The minimum absolute atomic E-state index is 0.673. The van der Waals surface area contributed by atoms with Crippen molar-refractivity contribution >= 4 is 28.0 Å². The van der Waals surface area contributed by atoms with Crippen molar-refractivity contribution in [1.82, 2.24) is 4.98 Å². The van der Waals surface area contributed by atoms with Crippen molar-refractivity contribution in [2.45, 2.75) is 0 Å². The number of nitrogen functional groups attached to an aromatic ring is 1. The zero-order chi connectivity index (χ0) is 13.9. The molecule has 0 fully saturated rings. The molecule has 3 N–H and O–H groups in total. The number of methoxy groups -OCH3 is 1. The first-order valence-electron chi connectivity index (χ1n) is 6.33. The monoisotopic (exact) mass is 265 g/mol. The summed E-state index contributed by atoms with van der Waals surface area (Å²) in [5.74, 6) is 1.51. The van der Waals surface area contributed by atoms with E-state index in [-0.39, 0.29) is 0 Å². The molecule has 20 heavy (non-hydrogen) atoms. The topological polar surface area (TPSA) is 60.2 Å². The van der Waals surface area contributed by atoms with Gasteiger partial charge in [-0.05, 0) is 30.3 Å². The van der Waals surface area contributed by atoms with Crippen molar-refractivity contribution in [3.05, 3.63) is 54.7 Å². The summed E-state index contributed by atoms with van der Waals surface area (Å²) in [6.45, 7) is 0. The summed E-state index contributed by atoms with van der Waals surface area (Å²) in [5.41, 5.74) is 7.74. The van der Waals surface area contributed by atoms with Gasteiger partial charge in [0, 0.05) is 23.0 Å². The van der Waals surface area contributed by atoms with Gasteiger partial charge in [-0.2, -0.15) is 0 Å². The van der Waals surface area contributed by atoms with Crippen LogP contribution >= 0.6 is 0 Å². The maximum atomic E-state index is 6.10. The first-order valence-corrected chi connectivity index (χ1v) is 6.33. The first-order chi connectivity index (χ1) is 9.79. The molecule has 4 heteroatoms. The van der Waals surface area contributed by atoms with E-state index in [1.807, 2.05) is 48.5 Å². The highest BCUT2D eigenvalue weighted by Crippen LogP contribution is 2.34. The van der Waals surface area contributed by atoms with E-state index in [1.54, 1.807) is 13.3 Å². The SMILES string of the molecule is COc1ccc(N)c2c(Nc3ccccc3)nccc12. The highest BCUT2D eigenvalue weighted by Gasteiger charge is 2.10. The average Bonchev–Trinajstić information content (AvgIpc) is 2.49. The number of pyridine rings is 1. The van der Waals surface area contributed by atoms with Gasteiger partial charge in [0.25, 0.3) is 0 Å². The number of rotatable bonds is 3. The molecule has 1 heterocycles. The van der Waals surface area contributed by atoms with Gasteiger partial charge in [0.15, 0.2) is 0 Å². The molecule has 3 aromatic rings. The van der Waals surface area contributed by atoms with E-state index in [0.717, 1.165) is 28.0 Å². The van der Waals surface area contributed by atoms with E-state index in [9.17, 15) is 0 Å². The number of nitrogens with one attached hydrogen (secondary N) is 1. The molecule has 4 nitrogen and oxygen atoms in total. The molecule has 0 saturated heterocycles. The van der Waals surface area contributed by atoms with Crippen LogP contribution in [0.1, 0.15) is 0 Å². The summed E-state index contributed by atoms with van der Waals surface area (Å²) in [6.07, 6.45) is 1.75. The summed E-state index contributed by atoms with van der Waals surface area (Å²) in [7, 11) is 1.65. The van der Waals surface area contributed by atoms with Crippen LogP contribution in [0.5, 0.6) is 5.75 Å². The van der Waals surface area contributed by atoms with Crippen molar-refractivity contribution in [2.75, 3.05) is 18.2 Å². The van der Waals surface area contributed by atoms with Gasteiger partial charge in [0.2, 0.25) is 0 Å². The Morgan fingerprint density at radius 3 is 2.60 bits per heavy atom. The zero-order valence-corrected chi connectivity index (χ0v) is 11.1. The fraction of sp³-hybridized carbons (Fsp3) is 0.0625. The lowest BCUT2D eigenvalue weighted by Crippen LogP contribution is -1.98. The molecule has 0 radical (unpaired) electrons. The zero-order valence-electron chi connectivity index (χ0n) is 11.1. The number of para-hydroxylation sites is 1. The minimum atomic E-state index is 0.673. The maximum absolute atomic E-state index is 6.10. The van der Waals surface area contributed by atoms with E-state index < -0.39 is 0 Å². The van der Waals surface area contributed by atoms with Crippen LogP contribution in [-0.2, 0) is 0 Å². The van der Waals surface area contributed by atoms with Gasteiger partial charge in [-0.3, -0.25) is 0 Å². The van der Waals surface area contributed by atoms with Crippen LogP contribution in [-0.4, -0.2) is 12.1 Å². The molecule has 0 atom stereocenters. The van der Waals surface area contributed by atoms with Gasteiger partial charge in [0.1, 0.15) is 11.6 Å². The second kappa shape index (κ2) is 5.09. The highest BCUT2D eigenvalue weighted by atomic mass is 16.5. The van der Waals surface area contributed by atoms with E-state index in [1.165, 1.54) is 0 Å². The summed E-state index contributed by atoms with van der Waals surface area (Å²) in [6, 6.07) is 15.5. The predicted molar refractivity (Wildman–Crippen MR) is 82.4 cm³/mol. The lowest BCUT2D eigenvalue weighted by molar-refractivity contribution is 0.420. The van der Waals surface area contributed by atoms with Crippen LogP contribution in [0.25, 0.3) is 10.8 Å². The van der Waals surface area contributed by atoms with Crippen LogP contribution in [0.15, 0.2) is 54.7 Å². The van der Waals surface area contributed by atoms with Crippen LogP contribution in [0.3, 0.4) is 0 Å². The molecular weight excluding hydrogens is 250 g/mol. The van der Waals surface area contributed by atoms with E-state index >= 15 is 0 Å². The molecule has 0 unspecified atom stereocenters. The van der Waals surface area contributed by atoms with Gasteiger partial charge in [-0.1, -0.05) is 18.2 Å². The number of nitrogens with two attached hydrogens (primary N) is 1. The quantitative estimate of drug-likeness (QED) is 0.711. The molecule has 100 valence electrons. The Balaban J connectivity index is 2.16. The Bertz CT molecular complexity index is 741. The molecule has 0 bridgehead atoms. The van der Waals surface area contributed by atoms with Gasteiger partial charge in [-0.15, -0.1) is 0 Å². The largest absolute Gasteiger partial charge is 0.496 e. The second-order valence-corrected chi connectivity index (χ2v) is 4.43. The van der Waals surface area contributed by atoms with Gasteiger partial charge in [0.05, 0.1) is 12.5 Å². The first kappa shape index (κ1) is 12.3. The van der Waals surface area contributed by atoms with Crippen molar-refractivity contribution in [3.8, 4) is 5.75 Å². The van der Waals surface area contributed by atoms with Crippen molar-refractivity contribution < 1.29 is 4.74 Å². The number of benzene rings is 2. The van der Waals surface area contributed by atoms with Crippen LogP contribution in [0.2, 0.25) is 0 Å². The van der Waals surface area contributed by atoms with Crippen LogP contribution in [0, 0.1) is 0 Å². The highest BCUT2D eigenvalue weighted by molar-refractivity contribution is 6.04. The third kappa shape index (κ3) is 2.12. The summed E-state index contributed by atoms with van der Waals surface area (Å²) in [4.78, 5) is 4.39. The minimum Gasteiger partial charge on any atom is -0.496 e. The number of anilines is 3. The fourth-order valence-electron chi connectivity index (χ4n) is 2.23. The molecule has 1 aromatic heterocycles. The molecule has 2 aromatic carbocycles. The standard InChI is InChI=1S/C16H15N3O/c1-20-14-8-7-13(17)15-12(14)9-10-18-16(15)19-11-5-3-2-4-6-11/h2-10H,17H2,1H3,(H,18,19). The number of nitrogens with zero attached hydrogens (tertiary/aromatic N) is 1. The summed E-state index contributed by atoms with van der Waals surface area (Å²) < 4.78 is 5.38. The van der Waals surface area contributed by atoms with Crippen molar-refractivity contribution in [3.63, 3.8) is 0 Å². The van der Waals surface area contributed by atoms with Gasteiger partial charge in [-0.25, -0.2) is 4.98 Å². The number of aromatic nitrogens is 1. The molecule has 0 amide bonds. The third-order valence-electron chi connectivity index (χ3n) is 3.18. The third-order valence-corrected chi connectivity index (χ3v) is 3.18. The fourth-order valence-corrected chi connectivity index (χ4v) is 2.23. The predicted octanol–water partition coefficient (Wildman–Crippen LogP) is 3.57. The van der Waals surface area contributed by atoms with Crippen LogP contribution in [0.4, 0.5) is 17.2 Å².